The van der Waals surface area contributed by atoms with Gasteiger partial charge < -0.3 is 29.2 Å². The molecule has 2 heterocycles. The van der Waals surface area contributed by atoms with Crippen LogP contribution in [-0.4, -0.2) is 41.8 Å². The van der Waals surface area contributed by atoms with E-state index in [2.05, 4.69) is 17.1 Å². The first-order valence-electron chi connectivity index (χ1n) is 10.9. The fourth-order valence-electron chi connectivity index (χ4n) is 4.16. The molecule has 7 nitrogen and oxygen atoms in total. The van der Waals surface area contributed by atoms with Gasteiger partial charge in [-0.1, -0.05) is 12.1 Å². The van der Waals surface area contributed by atoms with Gasteiger partial charge in [-0.25, -0.2) is 4.98 Å². The van der Waals surface area contributed by atoms with Crippen LogP contribution in [0.1, 0.15) is 23.1 Å². The SMILES string of the molecule is COc1ccc(CC[C@]2(Cn3ccnc3)OC[C@H](COc3c(C)cc(N)cc3C)O2)cc1. The number of aromatic nitrogens is 2. The predicted octanol–water partition coefficient (Wildman–Crippen LogP) is 3.91. The number of benzene rings is 2. The summed E-state index contributed by atoms with van der Waals surface area (Å²) in [5, 5.41) is 0. The van der Waals surface area contributed by atoms with E-state index in [0.29, 0.717) is 26.2 Å². The Labute approximate surface area is 189 Å². The third-order valence-corrected chi connectivity index (χ3v) is 5.75. The Morgan fingerprint density at radius 3 is 2.59 bits per heavy atom. The lowest BCUT2D eigenvalue weighted by atomic mass is 10.0. The van der Waals surface area contributed by atoms with Gasteiger partial charge in [0.15, 0.2) is 5.79 Å². The van der Waals surface area contributed by atoms with Crippen molar-refractivity contribution in [3.05, 3.63) is 71.8 Å². The molecule has 32 heavy (non-hydrogen) atoms. The second kappa shape index (κ2) is 9.63. The van der Waals surface area contributed by atoms with Crippen molar-refractivity contribution in [1.29, 1.82) is 0 Å². The van der Waals surface area contributed by atoms with Crippen LogP contribution in [0.3, 0.4) is 0 Å². The zero-order valence-electron chi connectivity index (χ0n) is 18.9. The number of rotatable bonds is 9. The molecule has 0 spiro atoms. The third-order valence-electron chi connectivity index (χ3n) is 5.75. The summed E-state index contributed by atoms with van der Waals surface area (Å²) in [6.45, 7) is 5.47. The number of hydrogen-bond acceptors (Lipinski definition) is 6. The van der Waals surface area contributed by atoms with Crippen molar-refractivity contribution in [2.75, 3.05) is 26.1 Å². The highest BCUT2D eigenvalue weighted by Gasteiger charge is 2.42. The van der Waals surface area contributed by atoms with Gasteiger partial charge in [0.1, 0.15) is 24.2 Å². The average Bonchev–Trinajstić information content (AvgIpc) is 3.42. The molecule has 2 atom stereocenters. The Bertz CT molecular complexity index is 997. The molecule has 0 amide bonds. The second-order valence-electron chi connectivity index (χ2n) is 8.34. The lowest BCUT2D eigenvalue weighted by molar-refractivity contribution is -0.184. The molecule has 2 aromatic carbocycles. The van der Waals surface area contributed by atoms with E-state index in [9.17, 15) is 0 Å². The smallest absolute Gasteiger partial charge is 0.187 e. The van der Waals surface area contributed by atoms with Gasteiger partial charge in [0.2, 0.25) is 0 Å². The minimum absolute atomic E-state index is 0.161. The first-order valence-corrected chi connectivity index (χ1v) is 10.9. The van der Waals surface area contributed by atoms with Gasteiger partial charge in [-0.05, 0) is 61.2 Å². The van der Waals surface area contributed by atoms with Gasteiger partial charge in [-0.15, -0.1) is 0 Å². The summed E-state index contributed by atoms with van der Waals surface area (Å²) in [4.78, 5) is 4.16. The molecule has 3 aromatic rings. The van der Waals surface area contributed by atoms with E-state index in [4.69, 9.17) is 24.7 Å². The van der Waals surface area contributed by atoms with Gasteiger partial charge in [-0.2, -0.15) is 0 Å². The maximum absolute atomic E-state index is 6.47. The van der Waals surface area contributed by atoms with Crippen LogP contribution in [0.5, 0.6) is 11.5 Å². The van der Waals surface area contributed by atoms with E-state index in [0.717, 1.165) is 34.7 Å². The van der Waals surface area contributed by atoms with Gasteiger partial charge in [0.25, 0.3) is 0 Å². The van der Waals surface area contributed by atoms with Crippen LogP contribution in [-0.2, 0) is 22.4 Å². The largest absolute Gasteiger partial charge is 0.497 e. The molecule has 1 aromatic heterocycles. The van der Waals surface area contributed by atoms with Crippen LogP contribution in [0.4, 0.5) is 5.69 Å². The fraction of sp³-hybridized carbons (Fsp3) is 0.400. The molecule has 0 aliphatic carbocycles. The molecule has 2 N–H and O–H groups in total. The van der Waals surface area contributed by atoms with Crippen LogP contribution in [0.15, 0.2) is 55.1 Å². The Hall–Kier alpha value is -3.03. The van der Waals surface area contributed by atoms with E-state index in [-0.39, 0.29) is 6.10 Å². The van der Waals surface area contributed by atoms with E-state index in [1.165, 1.54) is 5.56 Å². The monoisotopic (exact) mass is 437 g/mol. The van der Waals surface area contributed by atoms with Crippen LogP contribution in [0.25, 0.3) is 0 Å². The summed E-state index contributed by atoms with van der Waals surface area (Å²) in [7, 11) is 1.67. The van der Waals surface area contributed by atoms with Gasteiger partial charge in [-0.3, -0.25) is 0 Å². The average molecular weight is 438 g/mol. The number of hydrogen-bond donors (Lipinski definition) is 1. The van der Waals surface area contributed by atoms with E-state index < -0.39 is 5.79 Å². The number of imidazole rings is 1. The lowest BCUT2D eigenvalue weighted by Crippen LogP contribution is -2.37. The van der Waals surface area contributed by atoms with Crippen molar-refractivity contribution in [3.8, 4) is 11.5 Å². The van der Waals surface area contributed by atoms with Crippen LogP contribution in [0.2, 0.25) is 0 Å². The molecular weight excluding hydrogens is 406 g/mol. The van der Waals surface area contributed by atoms with Crippen molar-refractivity contribution >= 4 is 5.69 Å². The Balaban J connectivity index is 1.43. The highest BCUT2D eigenvalue weighted by molar-refractivity contribution is 5.52. The normalized spacial score (nSPS) is 20.4. The zero-order valence-corrected chi connectivity index (χ0v) is 18.9. The molecule has 1 aliphatic heterocycles. The number of nitrogens with two attached hydrogens (primary N) is 1. The number of nitrogens with zero attached hydrogens (tertiary/aromatic N) is 2. The minimum atomic E-state index is -0.736. The molecule has 170 valence electrons. The van der Waals surface area contributed by atoms with Gasteiger partial charge in [0.05, 0.1) is 26.6 Å². The maximum Gasteiger partial charge on any atom is 0.187 e. The maximum atomic E-state index is 6.47. The molecular formula is C25H31N3O4. The molecule has 4 rings (SSSR count). The van der Waals surface area contributed by atoms with Crippen LogP contribution in [0, 0.1) is 13.8 Å². The van der Waals surface area contributed by atoms with E-state index in [1.807, 2.05) is 48.9 Å². The third kappa shape index (κ3) is 5.23. The molecule has 7 heteroatoms. The number of ether oxygens (including phenoxy) is 4. The minimum Gasteiger partial charge on any atom is -0.497 e. The highest BCUT2D eigenvalue weighted by Crippen LogP contribution is 2.32. The summed E-state index contributed by atoms with van der Waals surface area (Å²) in [6, 6.07) is 11.9. The Kier molecular flexibility index (Phi) is 6.67. The summed E-state index contributed by atoms with van der Waals surface area (Å²) in [5.41, 5.74) is 9.91. The standard InChI is InChI=1S/C25H31N3O4/c1-18-12-21(26)13-19(2)24(18)30-14-23-15-31-25(32-23,16-28-11-10-27-17-28)9-8-20-4-6-22(29-3)7-5-20/h4-7,10-13,17,23H,8-9,14-16,26H2,1-3H3/t23-,25-/m0/s1. The first kappa shape index (κ1) is 22.2. The quantitative estimate of drug-likeness (QED) is 0.511. The molecule has 1 fully saturated rings. The predicted molar refractivity (Wildman–Crippen MR) is 123 cm³/mol. The Morgan fingerprint density at radius 1 is 1.19 bits per heavy atom. The summed E-state index contributed by atoms with van der Waals surface area (Å²) < 4.78 is 26.1. The molecule has 0 bridgehead atoms. The number of nitrogen functional groups attached to an aromatic ring is 1. The topological polar surface area (TPSA) is 80.8 Å². The van der Waals surface area contributed by atoms with E-state index >= 15 is 0 Å². The number of methoxy groups -OCH3 is 1. The summed E-state index contributed by atoms with van der Waals surface area (Å²) >= 11 is 0. The van der Waals surface area contributed by atoms with Crippen LogP contribution < -0.4 is 15.2 Å². The van der Waals surface area contributed by atoms with Crippen molar-refractivity contribution in [2.24, 2.45) is 0 Å². The molecule has 0 unspecified atom stereocenters. The van der Waals surface area contributed by atoms with Gasteiger partial charge in [0, 0.05) is 24.5 Å². The molecule has 0 saturated carbocycles. The lowest BCUT2D eigenvalue weighted by Gasteiger charge is -2.29. The van der Waals surface area contributed by atoms with Gasteiger partial charge >= 0.3 is 0 Å². The second-order valence-corrected chi connectivity index (χ2v) is 8.34. The molecule has 1 saturated heterocycles. The van der Waals surface area contributed by atoms with E-state index in [1.54, 1.807) is 19.6 Å². The highest BCUT2D eigenvalue weighted by atomic mass is 16.8. The molecule has 0 radical (unpaired) electrons. The van der Waals surface area contributed by atoms with Crippen molar-refractivity contribution < 1.29 is 18.9 Å². The fourth-order valence-corrected chi connectivity index (χ4v) is 4.16. The molecule has 1 aliphatic rings. The number of aryl methyl sites for hydroxylation is 3. The summed E-state index contributed by atoms with van der Waals surface area (Å²) in [6.07, 6.45) is 6.85. The van der Waals surface area contributed by atoms with Crippen LogP contribution >= 0.6 is 0 Å². The summed E-state index contributed by atoms with van der Waals surface area (Å²) in [5.74, 6) is 0.966. The first-order chi connectivity index (χ1) is 15.5. The van der Waals surface area contributed by atoms with Crippen molar-refractivity contribution in [3.63, 3.8) is 0 Å². The van der Waals surface area contributed by atoms with Crippen molar-refractivity contribution in [1.82, 2.24) is 9.55 Å². The number of anilines is 1. The Morgan fingerprint density at radius 2 is 1.94 bits per heavy atom. The van der Waals surface area contributed by atoms with Crippen molar-refractivity contribution in [2.45, 2.75) is 45.1 Å². The zero-order chi connectivity index (χ0) is 22.6.